The fourth-order valence-electron chi connectivity index (χ4n) is 8.84. The van der Waals surface area contributed by atoms with E-state index in [0.29, 0.717) is 11.1 Å². The molecule has 5 nitrogen and oxygen atoms in total. The lowest BCUT2D eigenvalue weighted by Gasteiger charge is -2.21. The molecule has 0 N–H and O–H groups in total. The average Bonchev–Trinajstić information content (AvgIpc) is 3.32. The number of hydrogen-bond donors (Lipinski definition) is 0. The van der Waals surface area contributed by atoms with Gasteiger partial charge < -0.3 is 4.57 Å². The van der Waals surface area contributed by atoms with Crippen molar-refractivity contribution in [1.29, 1.82) is 10.5 Å². The van der Waals surface area contributed by atoms with Gasteiger partial charge in [-0.3, -0.25) is 0 Å². The summed E-state index contributed by atoms with van der Waals surface area (Å²) in [6.07, 6.45) is 0. The van der Waals surface area contributed by atoms with Crippen molar-refractivity contribution in [2.75, 3.05) is 0 Å². The summed E-state index contributed by atoms with van der Waals surface area (Å²) in [5, 5.41) is 28.0. The van der Waals surface area contributed by atoms with E-state index in [1.807, 2.05) is 127 Å². The molecule has 0 unspecified atom stereocenters. The molecule has 0 bridgehead atoms. The lowest BCUT2D eigenvalue weighted by molar-refractivity contribution is 0.592. The molecule has 282 valence electrons. The molecule has 0 radical (unpaired) electrons. The van der Waals surface area contributed by atoms with Gasteiger partial charge in [-0.2, -0.15) is 10.5 Å². The maximum absolute atomic E-state index is 15.4. The Morgan fingerprint density at radius 2 is 0.867 bits per heavy atom. The summed E-state index contributed by atoms with van der Waals surface area (Å²) in [5.41, 5.74) is 10.5. The van der Waals surface area contributed by atoms with E-state index in [9.17, 15) is 10.5 Å². The molecule has 0 spiro atoms. The molecule has 6 heteroatoms. The van der Waals surface area contributed by atoms with Crippen LogP contribution in [0.25, 0.3) is 77.0 Å². The Morgan fingerprint density at radius 3 is 1.42 bits per heavy atom. The molecule has 10 rings (SSSR count). The number of aryl methyl sites for hydroxylation is 2. The van der Waals surface area contributed by atoms with Gasteiger partial charge in [0.05, 0.1) is 45.7 Å². The second-order valence-electron chi connectivity index (χ2n) is 15.1. The van der Waals surface area contributed by atoms with Gasteiger partial charge in [0.25, 0.3) is 0 Å². The quantitative estimate of drug-likeness (QED) is 0.0951. The molecule has 2 heterocycles. The fourth-order valence-corrected chi connectivity index (χ4v) is 11.5. The molecule has 0 saturated carbocycles. The van der Waals surface area contributed by atoms with Crippen molar-refractivity contribution in [3.05, 3.63) is 198 Å². The smallest absolute Gasteiger partial charge is 0.171 e. The highest BCUT2D eigenvalue weighted by atomic mass is 31.2. The molecular formula is C54H35N4OP. The highest BCUT2D eigenvalue weighted by Gasteiger charge is 2.30. The maximum Gasteiger partial charge on any atom is 0.171 e. The first-order valence-corrected chi connectivity index (χ1v) is 21.5. The van der Waals surface area contributed by atoms with Crippen LogP contribution in [-0.4, -0.2) is 9.97 Å². The van der Waals surface area contributed by atoms with Crippen LogP contribution in [0.1, 0.15) is 22.3 Å². The van der Waals surface area contributed by atoms with Gasteiger partial charge in [-0.25, -0.2) is 9.97 Å². The Kier molecular flexibility index (Phi) is 8.92. The standard InChI is InChI=1S/C54H35N4OP/c1-34-49-45-18-9-10-19-47(45)57-53(38-24-20-36(32-55)21-25-38)51(49)35(2)50-46-29-28-41(31-48(46)58-54(52(34)50)39-26-22-37(33-56)23-27-39)40-12-11-17-44(30-40)60(59,42-13-5-3-6-14-42)43-15-7-4-8-16-43/h3-31H,1-2H3. The zero-order valence-electron chi connectivity index (χ0n) is 32.9. The van der Waals surface area contributed by atoms with Gasteiger partial charge in [-0.05, 0) is 89.3 Å². The first-order valence-electron chi connectivity index (χ1n) is 19.8. The van der Waals surface area contributed by atoms with Crippen LogP contribution in [0.4, 0.5) is 0 Å². The highest BCUT2D eigenvalue weighted by molar-refractivity contribution is 7.85. The predicted molar refractivity (Wildman–Crippen MR) is 247 cm³/mol. The van der Waals surface area contributed by atoms with Crippen molar-refractivity contribution >= 4 is 66.4 Å². The van der Waals surface area contributed by atoms with Gasteiger partial charge in [0, 0.05) is 48.6 Å². The van der Waals surface area contributed by atoms with Gasteiger partial charge in [-0.1, -0.05) is 133 Å². The molecule has 2 aromatic heterocycles. The monoisotopic (exact) mass is 786 g/mol. The van der Waals surface area contributed by atoms with Crippen molar-refractivity contribution in [2.24, 2.45) is 0 Å². The fraction of sp³-hybridized carbons (Fsp3) is 0.0370. The molecule has 0 atom stereocenters. The Bertz CT molecular complexity index is 3430. The number of para-hydroxylation sites is 1. The van der Waals surface area contributed by atoms with E-state index in [2.05, 4.69) is 74.5 Å². The van der Waals surface area contributed by atoms with Gasteiger partial charge in [0.1, 0.15) is 0 Å². The van der Waals surface area contributed by atoms with Gasteiger partial charge in [0.2, 0.25) is 0 Å². The van der Waals surface area contributed by atoms with Crippen LogP contribution in [0.3, 0.4) is 0 Å². The van der Waals surface area contributed by atoms with Crippen LogP contribution < -0.4 is 15.9 Å². The third-order valence-corrected chi connectivity index (χ3v) is 14.8. The second-order valence-corrected chi connectivity index (χ2v) is 17.9. The second kappa shape index (κ2) is 14.6. The zero-order chi connectivity index (χ0) is 41.0. The Morgan fingerprint density at radius 1 is 0.417 bits per heavy atom. The summed E-state index contributed by atoms with van der Waals surface area (Å²) in [7, 11) is -3.21. The summed E-state index contributed by atoms with van der Waals surface area (Å²) >= 11 is 0. The number of pyridine rings is 2. The Hall–Kier alpha value is -7.69. The maximum atomic E-state index is 15.4. The number of rotatable bonds is 6. The number of fused-ring (bicyclic) bond motifs is 6. The van der Waals surface area contributed by atoms with Gasteiger partial charge >= 0.3 is 0 Å². The van der Waals surface area contributed by atoms with Gasteiger partial charge in [-0.15, -0.1) is 0 Å². The molecule has 10 aromatic rings. The minimum absolute atomic E-state index is 0.580. The van der Waals surface area contributed by atoms with E-state index < -0.39 is 7.14 Å². The predicted octanol–water partition coefficient (Wildman–Crippen LogP) is 12.1. The topological polar surface area (TPSA) is 90.4 Å². The molecule has 60 heavy (non-hydrogen) atoms. The lowest BCUT2D eigenvalue weighted by Crippen LogP contribution is -2.25. The van der Waals surface area contributed by atoms with Crippen LogP contribution in [0.5, 0.6) is 0 Å². The third-order valence-electron chi connectivity index (χ3n) is 11.7. The normalized spacial score (nSPS) is 11.5. The Labute approximate surface area is 347 Å². The molecule has 0 aliphatic heterocycles. The highest BCUT2D eigenvalue weighted by Crippen LogP contribution is 2.47. The van der Waals surface area contributed by atoms with Crippen molar-refractivity contribution < 1.29 is 4.57 Å². The molecule has 0 aliphatic carbocycles. The van der Waals surface area contributed by atoms with Crippen LogP contribution in [0.15, 0.2) is 176 Å². The van der Waals surface area contributed by atoms with E-state index in [0.717, 1.165) is 104 Å². The number of aromatic nitrogens is 2. The van der Waals surface area contributed by atoms with E-state index >= 15 is 4.57 Å². The first-order chi connectivity index (χ1) is 29.4. The van der Waals surface area contributed by atoms with Crippen LogP contribution in [-0.2, 0) is 4.57 Å². The third kappa shape index (κ3) is 5.87. The summed E-state index contributed by atoms with van der Waals surface area (Å²) < 4.78 is 15.4. The number of nitriles is 2. The van der Waals surface area contributed by atoms with Gasteiger partial charge in [0.15, 0.2) is 7.14 Å². The molecule has 0 aliphatic rings. The largest absolute Gasteiger partial charge is 0.309 e. The molecular weight excluding hydrogens is 752 g/mol. The van der Waals surface area contributed by atoms with Crippen LogP contribution >= 0.6 is 7.14 Å². The minimum atomic E-state index is -3.21. The van der Waals surface area contributed by atoms with Crippen LogP contribution in [0, 0.1) is 36.5 Å². The molecule has 0 saturated heterocycles. The lowest BCUT2D eigenvalue weighted by atomic mass is 9.85. The van der Waals surface area contributed by atoms with E-state index in [-0.39, 0.29) is 0 Å². The number of nitrogens with zero attached hydrogens (tertiary/aromatic N) is 4. The number of benzene rings is 8. The van der Waals surface area contributed by atoms with E-state index in [4.69, 9.17) is 9.97 Å². The van der Waals surface area contributed by atoms with Crippen molar-refractivity contribution in [1.82, 2.24) is 9.97 Å². The Balaban J connectivity index is 1.26. The molecule has 8 aromatic carbocycles. The zero-order valence-corrected chi connectivity index (χ0v) is 33.8. The summed E-state index contributed by atoms with van der Waals surface area (Å²) in [6, 6.07) is 62.1. The summed E-state index contributed by atoms with van der Waals surface area (Å²) in [6.45, 7) is 4.36. The average molecular weight is 787 g/mol. The summed E-state index contributed by atoms with van der Waals surface area (Å²) in [4.78, 5) is 10.8. The SMILES string of the molecule is Cc1c2c(-c3ccc(C#N)cc3)nc3cc(-c4cccc(P(=O)(c5ccccc5)c5ccccc5)c4)ccc3c2c(C)c2c(-c3ccc(C#N)cc3)nc3ccccc3c12. The van der Waals surface area contributed by atoms with Crippen molar-refractivity contribution in [3.63, 3.8) is 0 Å². The minimum Gasteiger partial charge on any atom is -0.309 e. The van der Waals surface area contributed by atoms with Crippen LogP contribution in [0.2, 0.25) is 0 Å². The number of hydrogen-bond acceptors (Lipinski definition) is 5. The van der Waals surface area contributed by atoms with Crippen molar-refractivity contribution in [3.8, 4) is 45.8 Å². The van der Waals surface area contributed by atoms with E-state index in [1.54, 1.807) is 0 Å². The van der Waals surface area contributed by atoms with Crippen molar-refractivity contribution in [2.45, 2.75) is 13.8 Å². The summed E-state index contributed by atoms with van der Waals surface area (Å²) in [5.74, 6) is 0. The van der Waals surface area contributed by atoms with E-state index in [1.165, 1.54) is 0 Å². The molecule has 0 fully saturated rings. The first kappa shape index (κ1) is 36.6. The molecule has 0 amide bonds.